The van der Waals surface area contributed by atoms with Gasteiger partial charge in [-0.1, -0.05) is 20.8 Å². The molecule has 1 aliphatic rings. The van der Waals surface area contributed by atoms with Crippen molar-refractivity contribution in [2.24, 2.45) is 5.92 Å². The maximum absolute atomic E-state index is 5.71. The van der Waals surface area contributed by atoms with Gasteiger partial charge >= 0.3 is 0 Å². The third kappa shape index (κ3) is 3.89. The first-order valence-electron chi connectivity index (χ1n) is 7.00. The van der Waals surface area contributed by atoms with Crippen LogP contribution in [0.25, 0.3) is 0 Å². The molecule has 2 rings (SSSR count). The van der Waals surface area contributed by atoms with Gasteiger partial charge in [-0.25, -0.2) is 9.97 Å². The maximum atomic E-state index is 5.71. The first-order valence-corrected chi connectivity index (χ1v) is 7.79. The summed E-state index contributed by atoms with van der Waals surface area (Å²) in [7, 11) is 0. The van der Waals surface area contributed by atoms with Crippen molar-refractivity contribution in [3.8, 4) is 0 Å². The molecule has 0 bridgehead atoms. The maximum Gasteiger partial charge on any atom is 0.134 e. The van der Waals surface area contributed by atoms with Crippen LogP contribution in [0.1, 0.15) is 45.4 Å². The van der Waals surface area contributed by atoms with E-state index < -0.39 is 0 Å². The van der Waals surface area contributed by atoms with E-state index in [4.69, 9.17) is 4.74 Å². The van der Waals surface area contributed by atoms with Gasteiger partial charge in [-0.2, -0.15) is 0 Å². The van der Waals surface area contributed by atoms with Crippen LogP contribution in [0.3, 0.4) is 0 Å². The van der Waals surface area contributed by atoms with Gasteiger partial charge in [-0.05, 0) is 28.8 Å². The standard InChI is InChI=1S/C14H22BrN3O/c1-4-11-10(5-6-19-11)8-16-13-7-12(15)17-14(18-13)9(2)3/h7,9-11H,4-6,8H2,1-3H3,(H,16,17,18). The topological polar surface area (TPSA) is 47.0 Å². The molecule has 0 radical (unpaired) electrons. The molecule has 0 amide bonds. The molecule has 0 aromatic carbocycles. The number of nitrogens with one attached hydrogen (secondary N) is 1. The van der Waals surface area contributed by atoms with Crippen molar-refractivity contribution in [3.05, 3.63) is 16.5 Å². The van der Waals surface area contributed by atoms with E-state index in [-0.39, 0.29) is 0 Å². The van der Waals surface area contributed by atoms with Crippen molar-refractivity contribution >= 4 is 21.7 Å². The summed E-state index contributed by atoms with van der Waals surface area (Å²) >= 11 is 3.44. The lowest BCUT2D eigenvalue weighted by molar-refractivity contribution is 0.0900. The van der Waals surface area contributed by atoms with Gasteiger partial charge in [0.05, 0.1) is 6.10 Å². The molecule has 1 N–H and O–H groups in total. The van der Waals surface area contributed by atoms with Crippen molar-refractivity contribution < 1.29 is 4.74 Å². The summed E-state index contributed by atoms with van der Waals surface area (Å²) in [5, 5.41) is 3.43. The molecule has 2 unspecified atom stereocenters. The average Bonchev–Trinajstić information content (AvgIpc) is 2.83. The zero-order chi connectivity index (χ0) is 13.8. The number of hydrogen-bond acceptors (Lipinski definition) is 4. The zero-order valence-corrected chi connectivity index (χ0v) is 13.4. The highest BCUT2D eigenvalue weighted by Crippen LogP contribution is 2.24. The summed E-state index contributed by atoms with van der Waals surface area (Å²) in [5.74, 6) is 2.68. The Labute approximate surface area is 123 Å². The van der Waals surface area contributed by atoms with Gasteiger partial charge in [0.25, 0.3) is 0 Å². The van der Waals surface area contributed by atoms with Crippen LogP contribution >= 0.6 is 15.9 Å². The first kappa shape index (κ1) is 14.7. The van der Waals surface area contributed by atoms with E-state index in [1.807, 2.05) is 6.07 Å². The highest BCUT2D eigenvalue weighted by molar-refractivity contribution is 9.10. The summed E-state index contributed by atoms with van der Waals surface area (Å²) in [5.41, 5.74) is 0. The van der Waals surface area contributed by atoms with Crippen molar-refractivity contribution in [1.29, 1.82) is 0 Å². The van der Waals surface area contributed by atoms with E-state index in [1.54, 1.807) is 0 Å². The molecule has 106 valence electrons. The summed E-state index contributed by atoms with van der Waals surface area (Å²) < 4.78 is 6.54. The van der Waals surface area contributed by atoms with E-state index in [0.29, 0.717) is 17.9 Å². The molecule has 2 heterocycles. The molecule has 1 aromatic heterocycles. The van der Waals surface area contributed by atoms with Gasteiger partial charge in [-0.3, -0.25) is 0 Å². The van der Waals surface area contributed by atoms with Crippen LogP contribution in [0.5, 0.6) is 0 Å². The number of anilines is 1. The smallest absolute Gasteiger partial charge is 0.134 e. The minimum atomic E-state index is 0.330. The number of ether oxygens (including phenoxy) is 1. The number of halogens is 1. The van der Waals surface area contributed by atoms with E-state index in [1.165, 1.54) is 0 Å². The van der Waals surface area contributed by atoms with E-state index >= 15 is 0 Å². The molecule has 19 heavy (non-hydrogen) atoms. The molecule has 0 aliphatic carbocycles. The monoisotopic (exact) mass is 327 g/mol. The van der Waals surface area contributed by atoms with E-state index in [2.05, 4.69) is 52.0 Å². The van der Waals surface area contributed by atoms with Crippen molar-refractivity contribution in [2.45, 2.75) is 45.6 Å². The Kier molecular flexibility index (Phi) is 5.16. The lowest BCUT2D eigenvalue weighted by atomic mass is 10.00. The van der Waals surface area contributed by atoms with Crippen LogP contribution in [-0.2, 0) is 4.74 Å². The van der Waals surface area contributed by atoms with Crippen molar-refractivity contribution in [1.82, 2.24) is 9.97 Å². The molecule has 5 heteroatoms. The second-order valence-corrected chi connectivity index (χ2v) is 6.15. The molecule has 1 fully saturated rings. The number of rotatable bonds is 5. The van der Waals surface area contributed by atoms with Crippen molar-refractivity contribution in [3.63, 3.8) is 0 Å². The minimum absolute atomic E-state index is 0.330. The first-order chi connectivity index (χ1) is 9.10. The van der Waals surface area contributed by atoms with Gasteiger partial charge in [0, 0.05) is 31.1 Å². The molecule has 1 aromatic rings. The Bertz CT molecular complexity index is 425. The molecule has 1 saturated heterocycles. The largest absolute Gasteiger partial charge is 0.378 e. The summed E-state index contributed by atoms with van der Waals surface area (Å²) in [6.45, 7) is 8.18. The van der Waals surface area contributed by atoms with Crippen LogP contribution in [-0.4, -0.2) is 29.2 Å². The quantitative estimate of drug-likeness (QED) is 0.839. The number of hydrogen-bond donors (Lipinski definition) is 1. The van der Waals surface area contributed by atoms with Crippen molar-refractivity contribution in [2.75, 3.05) is 18.5 Å². The Morgan fingerprint density at radius 1 is 1.47 bits per heavy atom. The van der Waals surface area contributed by atoms with Crippen LogP contribution in [0.4, 0.5) is 5.82 Å². The molecular formula is C14H22BrN3O. The Balaban J connectivity index is 1.99. The summed E-state index contributed by atoms with van der Waals surface area (Å²) in [6.07, 6.45) is 2.61. The zero-order valence-electron chi connectivity index (χ0n) is 11.8. The predicted octanol–water partition coefficient (Wildman–Crippen LogP) is 3.59. The van der Waals surface area contributed by atoms with Crippen LogP contribution in [0.2, 0.25) is 0 Å². The number of nitrogens with zero attached hydrogens (tertiary/aromatic N) is 2. The fraction of sp³-hybridized carbons (Fsp3) is 0.714. The SMILES string of the molecule is CCC1OCCC1CNc1cc(Br)nc(C(C)C)n1. The van der Waals surface area contributed by atoms with Gasteiger partial charge < -0.3 is 10.1 Å². The molecule has 1 aliphatic heterocycles. The Morgan fingerprint density at radius 2 is 2.26 bits per heavy atom. The van der Waals surface area contributed by atoms with Crippen LogP contribution in [0.15, 0.2) is 10.7 Å². The second kappa shape index (κ2) is 6.66. The minimum Gasteiger partial charge on any atom is -0.378 e. The summed E-state index contributed by atoms with van der Waals surface area (Å²) in [6, 6.07) is 1.93. The fourth-order valence-corrected chi connectivity index (χ4v) is 2.80. The molecule has 4 nitrogen and oxygen atoms in total. The van der Waals surface area contributed by atoms with E-state index in [9.17, 15) is 0 Å². The molecular weight excluding hydrogens is 306 g/mol. The molecule has 0 spiro atoms. The van der Waals surface area contributed by atoms with E-state index in [0.717, 1.165) is 42.2 Å². The van der Waals surface area contributed by atoms with Crippen LogP contribution in [0, 0.1) is 5.92 Å². The highest BCUT2D eigenvalue weighted by Gasteiger charge is 2.26. The third-order valence-corrected chi connectivity index (χ3v) is 3.93. The lowest BCUT2D eigenvalue weighted by Crippen LogP contribution is -2.23. The fourth-order valence-electron chi connectivity index (χ4n) is 2.40. The van der Waals surface area contributed by atoms with Gasteiger partial charge in [0.2, 0.25) is 0 Å². The second-order valence-electron chi connectivity index (χ2n) is 5.34. The molecule has 0 saturated carbocycles. The lowest BCUT2D eigenvalue weighted by Gasteiger charge is -2.18. The Morgan fingerprint density at radius 3 is 2.95 bits per heavy atom. The van der Waals surface area contributed by atoms with Crippen LogP contribution < -0.4 is 5.32 Å². The summed E-state index contributed by atoms with van der Waals surface area (Å²) in [4.78, 5) is 8.94. The van der Waals surface area contributed by atoms with Gasteiger partial charge in [-0.15, -0.1) is 0 Å². The predicted molar refractivity (Wildman–Crippen MR) is 80.4 cm³/mol. The average molecular weight is 328 g/mol. The number of aromatic nitrogens is 2. The highest BCUT2D eigenvalue weighted by atomic mass is 79.9. The van der Waals surface area contributed by atoms with Gasteiger partial charge in [0.1, 0.15) is 16.2 Å². The van der Waals surface area contributed by atoms with Gasteiger partial charge in [0.15, 0.2) is 0 Å². The molecule has 2 atom stereocenters. The third-order valence-electron chi connectivity index (χ3n) is 3.52. The normalized spacial score (nSPS) is 23.0. The Hall–Kier alpha value is -0.680.